The lowest BCUT2D eigenvalue weighted by molar-refractivity contribution is 0.415. The van der Waals surface area contributed by atoms with Crippen LogP contribution in [0.3, 0.4) is 0 Å². The second-order valence-corrected chi connectivity index (χ2v) is 9.99. The zero-order valence-electron chi connectivity index (χ0n) is 21.0. The molecule has 0 radical (unpaired) electrons. The first-order chi connectivity index (χ1) is 17.3. The van der Waals surface area contributed by atoms with Gasteiger partial charge in [-0.3, -0.25) is 4.98 Å². The Kier molecular flexibility index (Phi) is 6.49. The predicted octanol–water partition coefficient (Wildman–Crippen LogP) is 6.95. The Morgan fingerprint density at radius 2 is 1.81 bits per heavy atom. The fraction of sp³-hybridized carbons (Fsp3) is 0.241. The highest BCUT2D eigenvalue weighted by molar-refractivity contribution is 7.80. The average molecular weight is 517 g/mol. The van der Waals surface area contributed by atoms with Crippen molar-refractivity contribution in [2.45, 2.75) is 39.8 Å². The Morgan fingerprint density at radius 1 is 1.00 bits per heavy atom. The number of hydrogen-bond acceptors (Lipinski definition) is 3. The molecule has 0 bridgehead atoms. The SMILES string of the molecule is COc1ccc(N2C(=S)N[C@@H](c3ccccn3)[C@@H]2c2cc(C)n(-c3cccc(C)c3C)c2C)cc1Cl. The zero-order valence-corrected chi connectivity index (χ0v) is 22.6. The summed E-state index contributed by atoms with van der Waals surface area (Å²) >= 11 is 12.4. The fourth-order valence-electron chi connectivity index (χ4n) is 5.19. The minimum absolute atomic E-state index is 0.123. The fourth-order valence-corrected chi connectivity index (χ4v) is 5.79. The van der Waals surface area contributed by atoms with Crippen LogP contribution in [0.15, 0.2) is 66.9 Å². The third-order valence-corrected chi connectivity index (χ3v) is 7.73. The molecule has 0 saturated carbocycles. The number of nitrogens with one attached hydrogen (secondary N) is 1. The van der Waals surface area contributed by atoms with Crippen LogP contribution in [0, 0.1) is 27.7 Å². The highest BCUT2D eigenvalue weighted by Crippen LogP contribution is 2.45. The summed E-state index contributed by atoms with van der Waals surface area (Å²) in [6, 6.07) is 20.2. The summed E-state index contributed by atoms with van der Waals surface area (Å²) in [7, 11) is 1.62. The van der Waals surface area contributed by atoms with Gasteiger partial charge in [0.2, 0.25) is 0 Å². The van der Waals surface area contributed by atoms with E-state index in [4.69, 9.17) is 28.6 Å². The first-order valence-electron chi connectivity index (χ1n) is 11.9. The van der Waals surface area contributed by atoms with Crippen LogP contribution >= 0.6 is 23.8 Å². The Morgan fingerprint density at radius 3 is 2.50 bits per heavy atom. The van der Waals surface area contributed by atoms with Gasteiger partial charge in [-0.1, -0.05) is 29.8 Å². The van der Waals surface area contributed by atoms with Gasteiger partial charge in [0.1, 0.15) is 5.75 Å². The number of benzene rings is 2. The first-order valence-corrected chi connectivity index (χ1v) is 12.7. The number of halogens is 1. The van der Waals surface area contributed by atoms with Crippen molar-refractivity contribution in [2.75, 3.05) is 12.0 Å². The van der Waals surface area contributed by atoms with E-state index in [0.717, 1.165) is 11.4 Å². The van der Waals surface area contributed by atoms with E-state index in [-0.39, 0.29) is 12.1 Å². The Balaban J connectivity index is 1.70. The predicted molar refractivity (Wildman–Crippen MR) is 151 cm³/mol. The Bertz CT molecular complexity index is 1450. The van der Waals surface area contributed by atoms with Crippen LogP contribution in [-0.2, 0) is 0 Å². The molecular weight excluding hydrogens is 488 g/mol. The van der Waals surface area contributed by atoms with Crippen molar-refractivity contribution in [3.8, 4) is 11.4 Å². The smallest absolute Gasteiger partial charge is 0.174 e. The molecule has 2 aromatic carbocycles. The number of ether oxygens (including phenoxy) is 1. The van der Waals surface area contributed by atoms with Crippen molar-refractivity contribution in [3.63, 3.8) is 0 Å². The number of nitrogens with zero attached hydrogens (tertiary/aromatic N) is 3. The second-order valence-electron chi connectivity index (χ2n) is 9.20. The van der Waals surface area contributed by atoms with Gasteiger partial charge in [-0.25, -0.2) is 0 Å². The van der Waals surface area contributed by atoms with E-state index in [2.05, 4.69) is 71.7 Å². The molecule has 0 amide bonds. The lowest BCUT2D eigenvalue weighted by atomic mass is 9.96. The van der Waals surface area contributed by atoms with E-state index in [1.54, 1.807) is 7.11 Å². The summed E-state index contributed by atoms with van der Waals surface area (Å²) in [5.41, 5.74) is 9.09. The molecule has 0 aliphatic carbocycles. The number of hydrogen-bond donors (Lipinski definition) is 1. The van der Waals surface area contributed by atoms with Crippen LogP contribution < -0.4 is 15.0 Å². The molecule has 1 N–H and O–H groups in total. The van der Waals surface area contributed by atoms with Gasteiger partial charge in [0.25, 0.3) is 0 Å². The number of methoxy groups -OCH3 is 1. The standard InChI is InChI=1S/C29H29ClN4OS/c1-17-9-8-11-25(19(17)3)33-18(2)15-22(20(33)4)28-27(24-10-6-7-14-31-24)32-29(36)34(28)21-12-13-26(35-5)23(30)16-21/h6-16,27-28H,1-5H3,(H,32,36)/t27-,28-/m0/s1. The van der Waals surface area contributed by atoms with E-state index >= 15 is 0 Å². The molecule has 3 heterocycles. The van der Waals surface area contributed by atoms with E-state index in [0.29, 0.717) is 15.9 Å². The average Bonchev–Trinajstić information content (AvgIpc) is 3.36. The summed E-state index contributed by atoms with van der Waals surface area (Å²) in [5, 5.41) is 4.72. The lowest BCUT2D eigenvalue weighted by Gasteiger charge is -2.28. The van der Waals surface area contributed by atoms with Crippen molar-refractivity contribution >= 4 is 34.6 Å². The van der Waals surface area contributed by atoms with E-state index in [9.17, 15) is 0 Å². The van der Waals surface area contributed by atoms with Crippen molar-refractivity contribution in [3.05, 3.63) is 106 Å². The molecule has 5 rings (SSSR count). The van der Waals surface area contributed by atoms with Gasteiger partial charge in [-0.05, 0) is 99.1 Å². The minimum Gasteiger partial charge on any atom is -0.495 e. The van der Waals surface area contributed by atoms with Crippen LogP contribution in [0.5, 0.6) is 5.75 Å². The van der Waals surface area contributed by atoms with Gasteiger partial charge in [0, 0.05) is 29.0 Å². The van der Waals surface area contributed by atoms with Gasteiger partial charge < -0.3 is 19.5 Å². The number of anilines is 1. The maximum absolute atomic E-state index is 6.54. The summed E-state index contributed by atoms with van der Waals surface area (Å²) in [4.78, 5) is 6.83. The molecule has 1 aliphatic heterocycles. The maximum atomic E-state index is 6.54. The van der Waals surface area contributed by atoms with Gasteiger partial charge >= 0.3 is 0 Å². The van der Waals surface area contributed by atoms with E-state index < -0.39 is 0 Å². The molecule has 0 unspecified atom stereocenters. The second kappa shape index (κ2) is 9.60. The topological polar surface area (TPSA) is 42.3 Å². The van der Waals surface area contributed by atoms with E-state index in [1.807, 2.05) is 42.6 Å². The largest absolute Gasteiger partial charge is 0.495 e. The van der Waals surface area contributed by atoms with Gasteiger partial charge in [0.05, 0.1) is 29.9 Å². The monoisotopic (exact) mass is 516 g/mol. The number of aryl methyl sites for hydroxylation is 2. The molecule has 4 aromatic rings. The summed E-state index contributed by atoms with van der Waals surface area (Å²) in [6.07, 6.45) is 1.82. The summed E-state index contributed by atoms with van der Waals surface area (Å²) < 4.78 is 7.73. The first kappa shape index (κ1) is 24.3. The van der Waals surface area contributed by atoms with Crippen LogP contribution in [0.25, 0.3) is 5.69 Å². The van der Waals surface area contributed by atoms with Gasteiger partial charge in [0.15, 0.2) is 5.11 Å². The van der Waals surface area contributed by atoms with Crippen LogP contribution in [0.1, 0.15) is 45.9 Å². The zero-order chi connectivity index (χ0) is 25.6. The molecule has 1 aliphatic rings. The highest BCUT2D eigenvalue weighted by Gasteiger charge is 2.42. The molecule has 5 nitrogen and oxygen atoms in total. The molecule has 2 atom stereocenters. The Hall–Kier alpha value is -3.35. The number of pyridine rings is 1. The molecular formula is C29H29ClN4OS. The van der Waals surface area contributed by atoms with Crippen molar-refractivity contribution in [2.24, 2.45) is 0 Å². The molecule has 184 valence electrons. The normalized spacial score (nSPS) is 17.4. The van der Waals surface area contributed by atoms with Crippen molar-refractivity contribution in [1.29, 1.82) is 0 Å². The van der Waals surface area contributed by atoms with E-state index in [1.165, 1.54) is 33.8 Å². The molecule has 1 fully saturated rings. The molecule has 2 aromatic heterocycles. The highest BCUT2D eigenvalue weighted by atomic mass is 35.5. The number of thiocarbonyl (C=S) groups is 1. The Labute approximate surface area is 222 Å². The molecule has 0 spiro atoms. The lowest BCUT2D eigenvalue weighted by Crippen LogP contribution is -2.29. The summed E-state index contributed by atoms with van der Waals surface area (Å²) in [5.74, 6) is 0.629. The van der Waals surface area contributed by atoms with Crippen molar-refractivity contribution < 1.29 is 4.74 Å². The van der Waals surface area contributed by atoms with Crippen LogP contribution in [0.2, 0.25) is 5.02 Å². The number of rotatable bonds is 5. The van der Waals surface area contributed by atoms with Crippen LogP contribution in [-0.4, -0.2) is 21.8 Å². The van der Waals surface area contributed by atoms with Crippen molar-refractivity contribution in [1.82, 2.24) is 14.9 Å². The van der Waals surface area contributed by atoms with Crippen LogP contribution in [0.4, 0.5) is 5.69 Å². The quantitative estimate of drug-likeness (QED) is 0.291. The number of aromatic nitrogens is 2. The third-order valence-electron chi connectivity index (χ3n) is 7.12. The minimum atomic E-state index is -0.132. The molecule has 7 heteroatoms. The molecule has 36 heavy (non-hydrogen) atoms. The third kappa shape index (κ3) is 4.04. The maximum Gasteiger partial charge on any atom is 0.174 e. The summed E-state index contributed by atoms with van der Waals surface area (Å²) in [6.45, 7) is 8.67. The van der Waals surface area contributed by atoms with Gasteiger partial charge in [-0.15, -0.1) is 0 Å². The molecule has 1 saturated heterocycles. The van der Waals surface area contributed by atoms with Gasteiger partial charge in [-0.2, -0.15) is 0 Å².